The van der Waals surface area contributed by atoms with Crippen molar-refractivity contribution in [2.24, 2.45) is 4.99 Å². The van der Waals surface area contributed by atoms with E-state index in [0.29, 0.717) is 0 Å². The number of aliphatic imine (C=N–C) groups is 1. The molecule has 7 rings (SSSR count). The average Bonchev–Trinajstić information content (AvgIpc) is 3.34. The largest absolute Gasteiger partial charge is 0.359 e. The standard InChI is InChI=1S/C33H25N3/c1-22-11-10-16-28-31(22)35-32(36-30-18-9-8-17-29(30)34-33(28)36)27-20-25(23-12-4-2-5-13-23)19-26(21-27)24-14-6-3-7-15-24/h2-21,33-34H,1H3. The maximum absolute atomic E-state index is 5.33. The smallest absolute Gasteiger partial charge is 0.143 e. The highest BCUT2D eigenvalue weighted by Gasteiger charge is 2.38. The number of anilines is 2. The van der Waals surface area contributed by atoms with Crippen LogP contribution in [0, 0.1) is 6.92 Å². The molecule has 1 N–H and O–H groups in total. The molecule has 1 atom stereocenters. The molecule has 3 nitrogen and oxygen atoms in total. The summed E-state index contributed by atoms with van der Waals surface area (Å²) in [5, 5.41) is 3.76. The van der Waals surface area contributed by atoms with E-state index in [9.17, 15) is 0 Å². The van der Waals surface area contributed by atoms with Crippen molar-refractivity contribution in [2.75, 3.05) is 10.2 Å². The van der Waals surface area contributed by atoms with Gasteiger partial charge in [0.05, 0.1) is 17.1 Å². The first-order valence-corrected chi connectivity index (χ1v) is 12.4. The molecule has 0 aromatic heterocycles. The normalized spacial score (nSPS) is 15.4. The number of hydrogen-bond acceptors (Lipinski definition) is 3. The SMILES string of the molecule is Cc1cccc2c1N=C(c1cc(-c3ccccc3)cc(-c3ccccc3)c1)N1c3ccccc3NC21. The second-order valence-electron chi connectivity index (χ2n) is 9.41. The third-order valence-corrected chi connectivity index (χ3v) is 7.13. The van der Waals surface area contributed by atoms with Gasteiger partial charge in [0.2, 0.25) is 0 Å². The topological polar surface area (TPSA) is 27.6 Å². The van der Waals surface area contributed by atoms with Crippen LogP contribution in [0.4, 0.5) is 17.1 Å². The number of amidine groups is 1. The predicted molar refractivity (Wildman–Crippen MR) is 150 cm³/mol. The van der Waals surface area contributed by atoms with Crippen molar-refractivity contribution in [3.8, 4) is 22.3 Å². The van der Waals surface area contributed by atoms with Crippen LogP contribution in [0.1, 0.15) is 22.9 Å². The van der Waals surface area contributed by atoms with E-state index in [0.717, 1.165) is 28.5 Å². The van der Waals surface area contributed by atoms with Crippen molar-refractivity contribution in [2.45, 2.75) is 13.1 Å². The Bertz CT molecular complexity index is 1560. The Morgan fingerprint density at radius 1 is 0.611 bits per heavy atom. The monoisotopic (exact) mass is 463 g/mol. The maximum Gasteiger partial charge on any atom is 0.143 e. The Morgan fingerprint density at radius 2 is 1.22 bits per heavy atom. The van der Waals surface area contributed by atoms with Crippen LogP contribution in [-0.4, -0.2) is 5.84 Å². The van der Waals surface area contributed by atoms with E-state index >= 15 is 0 Å². The fourth-order valence-electron chi connectivity index (χ4n) is 5.38. The Kier molecular flexibility index (Phi) is 4.74. The number of benzene rings is 5. The summed E-state index contributed by atoms with van der Waals surface area (Å²) < 4.78 is 0. The first-order valence-electron chi connectivity index (χ1n) is 12.4. The van der Waals surface area contributed by atoms with E-state index < -0.39 is 0 Å². The molecule has 1 unspecified atom stereocenters. The van der Waals surface area contributed by atoms with Gasteiger partial charge in [-0.05, 0) is 65.1 Å². The Labute approximate surface area is 211 Å². The van der Waals surface area contributed by atoms with Gasteiger partial charge in [-0.1, -0.05) is 91.0 Å². The number of para-hydroxylation sites is 3. The van der Waals surface area contributed by atoms with E-state index in [4.69, 9.17) is 4.99 Å². The van der Waals surface area contributed by atoms with Crippen molar-refractivity contribution >= 4 is 22.9 Å². The quantitative estimate of drug-likeness (QED) is 0.291. The molecule has 0 saturated heterocycles. The minimum Gasteiger partial charge on any atom is -0.359 e. The zero-order valence-corrected chi connectivity index (χ0v) is 20.0. The van der Waals surface area contributed by atoms with Gasteiger partial charge in [0.1, 0.15) is 12.0 Å². The fraction of sp³-hybridized carbons (Fsp3) is 0.0606. The molecule has 3 heteroatoms. The van der Waals surface area contributed by atoms with Gasteiger partial charge in [0.15, 0.2) is 0 Å². The van der Waals surface area contributed by atoms with Gasteiger partial charge in [-0.3, -0.25) is 4.90 Å². The van der Waals surface area contributed by atoms with Crippen LogP contribution in [0.3, 0.4) is 0 Å². The molecule has 0 radical (unpaired) electrons. The number of hydrogen-bond donors (Lipinski definition) is 1. The van der Waals surface area contributed by atoms with Crippen LogP contribution in [-0.2, 0) is 0 Å². The fourth-order valence-corrected chi connectivity index (χ4v) is 5.38. The summed E-state index contributed by atoms with van der Waals surface area (Å²) in [6, 6.07) is 43.0. The zero-order chi connectivity index (χ0) is 24.1. The highest BCUT2D eigenvalue weighted by molar-refractivity contribution is 6.16. The van der Waals surface area contributed by atoms with Crippen molar-refractivity contribution < 1.29 is 0 Å². The van der Waals surface area contributed by atoms with E-state index in [-0.39, 0.29) is 6.17 Å². The van der Waals surface area contributed by atoms with E-state index in [2.05, 4.69) is 138 Å². The molecule has 172 valence electrons. The van der Waals surface area contributed by atoms with Gasteiger partial charge in [-0.2, -0.15) is 0 Å². The lowest BCUT2D eigenvalue weighted by Crippen LogP contribution is -2.37. The van der Waals surface area contributed by atoms with Gasteiger partial charge in [-0.15, -0.1) is 0 Å². The lowest BCUT2D eigenvalue weighted by Gasteiger charge is -2.34. The minimum atomic E-state index is 0.00496. The summed E-state index contributed by atoms with van der Waals surface area (Å²) in [4.78, 5) is 7.69. The average molecular weight is 464 g/mol. The summed E-state index contributed by atoms with van der Waals surface area (Å²) in [7, 11) is 0. The van der Waals surface area contributed by atoms with Crippen molar-refractivity contribution in [1.82, 2.24) is 0 Å². The Balaban J connectivity index is 1.49. The maximum atomic E-state index is 5.33. The molecule has 0 amide bonds. The first kappa shape index (κ1) is 20.7. The summed E-state index contributed by atoms with van der Waals surface area (Å²) >= 11 is 0. The third kappa shape index (κ3) is 3.32. The van der Waals surface area contributed by atoms with Crippen LogP contribution in [0.25, 0.3) is 22.3 Å². The Hall–Kier alpha value is -4.63. The van der Waals surface area contributed by atoms with Crippen molar-refractivity contribution in [1.29, 1.82) is 0 Å². The van der Waals surface area contributed by atoms with Crippen LogP contribution >= 0.6 is 0 Å². The number of fused-ring (bicyclic) bond motifs is 5. The molecule has 0 spiro atoms. The van der Waals surface area contributed by atoms with Crippen LogP contribution < -0.4 is 10.2 Å². The van der Waals surface area contributed by atoms with Crippen LogP contribution in [0.15, 0.2) is 126 Å². The minimum absolute atomic E-state index is 0.00496. The van der Waals surface area contributed by atoms with E-state index in [1.165, 1.54) is 33.4 Å². The van der Waals surface area contributed by atoms with Gasteiger partial charge >= 0.3 is 0 Å². The van der Waals surface area contributed by atoms with E-state index in [1.54, 1.807) is 0 Å². The molecule has 2 heterocycles. The molecule has 2 aliphatic heterocycles. The van der Waals surface area contributed by atoms with Gasteiger partial charge in [0, 0.05) is 11.1 Å². The molecule has 0 bridgehead atoms. The summed E-state index contributed by atoms with van der Waals surface area (Å²) in [6.45, 7) is 2.15. The van der Waals surface area contributed by atoms with Gasteiger partial charge < -0.3 is 5.32 Å². The number of aryl methyl sites for hydroxylation is 1. The van der Waals surface area contributed by atoms with E-state index in [1.807, 2.05) is 0 Å². The second kappa shape index (κ2) is 8.24. The lowest BCUT2D eigenvalue weighted by molar-refractivity contribution is 0.830. The van der Waals surface area contributed by atoms with Crippen molar-refractivity contribution in [3.63, 3.8) is 0 Å². The first-order chi connectivity index (χ1) is 17.8. The summed E-state index contributed by atoms with van der Waals surface area (Å²) in [5.41, 5.74) is 11.6. The summed E-state index contributed by atoms with van der Waals surface area (Å²) in [5.74, 6) is 0.967. The molecule has 2 aliphatic rings. The predicted octanol–water partition coefficient (Wildman–Crippen LogP) is 8.35. The molecule has 36 heavy (non-hydrogen) atoms. The molecule has 5 aromatic rings. The molecule has 5 aromatic carbocycles. The summed E-state index contributed by atoms with van der Waals surface area (Å²) in [6.07, 6.45) is 0.00496. The lowest BCUT2D eigenvalue weighted by atomic mass is 9.94. The molecule has 0 fully saturated rings. The van der Waals surface area contributed by atoms with Crippen molar-refractivity contribution in [3.05, 3.63) is 138 Å². The van der Waals surface area contributed by atoms with Gasteiger partial charge in [-0.25, -0.2) is 4.99 Å². The molecule has 0 aliphatic carbocycles. The van der Waals surface area contributed by atoms with Crippen LogP contribution in [0.2, 0.25) is 0 Å². The highest BCUT2D eigenvalue weighted by Crippen LogP contribution is 2.48. The molecular weight excluding hydrogens is 438 g/mol. The second-order valence-corrected chi connectivity index (χ2v) is 9.41. The number of nitrogens with one attached hydrogen (secondary N) is 1. The molecular formula is C33H25N3. The molecule has 0 saturated carbocycles. The number of rotatable bonds is 3. The third-order valence-electron chi connectivity index (χ3n) is 7.13. The van der Waals surface area contributed by atoms with Crippen LogP contribution in [0.5, 0.6) is 0 Å². The highest BCUT2D eigenvalue weighted by atomic mass is 15.4. The Morgan fingerprint density at radius 3 is 1.92 bits per heavy atom. The number of nitrogens with zero attached hydrogens (tertiary/aromatic N) is 2. The van der Waals surface area contributed by atoms with Gasteiger partial charge in [0.25, 0.3) is 0 Å². The zero-order valence-electron chi connectivity index (χ0n) is 20.0.